The largest absolute Gasteiger partial charge is 0.330 e. The van der Waals surface area contributed by atoms with Crippen LogP contribution in [0.4, 0.5) is 9.93 Å². The maximum Gasteiger partial charge on any atom is 0.330 e. The molecule has 0 unspecified atom stereocenters. The summed E-state index contributed by atoms with van der Waals surface area (Å²) in [6, 6.07) is -0.408. The zero-order chi connectivity index (χ0) is 15.1. The van der Waals surface area contributed by atoms with E-state index in [1.54, 1.807) is 0 Å². The minimum absolute atomic E-state index is 0.0422. The Morgan fingerprint density at radius 2 is 2.10 bits per heavy atom. The molecular formula is C14H19N3O2S. The molecule has 5 nitrogen and oxygen atoms in total. The molecule has 1 saturated heterocycles. The Labute approximate surface area is 123 Å². The van der Waals surface area contributed by atoms with E-state index in [1.807, 2.05) is 51.3 Å². The molecule has 0 radical (unpaired) electrons. The molecule has 1 aromatic heterocycles. The van der Waals surface area contributed by atoms with Crippen LogP contribution in [-0.2, 0) is 4.79 Å². The third-order valence-electron chi connectivity index (χ3n) is 2.47. The quantitative estimate of drug-likeness (QED) is 0.687. The normalized spacial score (nSPS) is 15.4. The van der Waals surface area contributed by atoms with Crippen LogP contribution in [-0.4, -0.2) is 23.5 Å². The number of imide groups is 1. The number of urea groups is 1. The first-order chi connectivity index (χ1) is 9.65. The molecule has 2 rings (SSSR count). The van der Waals surface area contributed by atoms with E-state index in [9.17, 15) is 9.59 Å². The van der Waals surface area contributed by atoms with Gasteiger partial charge in [-0.25, -0.2) is 9.78 Å². The lowest BCUT2D eigenvalue weighted by atomic mass is 10.2. The van der Waals surface area contributed by atoms with Crippen LogP contribution in [0.3, 0.4) is 0 Å². The van der Waals surface area contributed by atoms with Gasteiger partial charge in [0.15, 0.2) is 5.13 Å². The predicted molar refractivity (Wildman–Crippen MR) is 82.8 cm³/mol. The van der Waals surface area contributed by atoms with Crippen molar-refractivity contribution < 1.29 is 9.59 Å². The Balaban J connectivity index is 0.000000956. The second-order valence-electron chi connectivity index (χ2n) is 3.70. The second kappa shape index (κ2) is 7.59. The van der Waals surface area contributed by atoms with Crippen molar-refractivity contribution in [3.8, 4) is 0 Å². The lowest BCUT2D eigenvalue weighted by molar-refractivity contribution is -0.117. The lowest BCUT2D eigenvalue weighted by Gasteiger charge is -2.07. The SMILES string of the molecule is C/C=C\C(=C/C)c1csc(N2CC(=O)NC2=O)n1.CC. The van der Waals surface area contributed by atoms with Gasteiger partial charge in [-0.1, -0.05) is 32.1 Å². The Hall–Kier alpha value is -1.95. The number of carbonyl (C=O) groups is 2. The van der Waals surface area contributed by atoms with Crippen molar-refractivity contribution in [2.24, 2.45) is 0 Å². The van der Waals surface area contributed by atoms with Crippen molar-refractivity contribution in [3.05, 3.63) is 29.3 Å². The number of hydrogen-bond donors (Lipinski definition) is 1. The first-order valence-corrected chi connectivity index (χ1v) is 7.40. The first kappa shape index (κ1) is 16.1. The molecule has 0 spiro atoms. The van der Waals surface area contributed by atoms with Gasteiger partial charge in [-0.15, -0.1) is 11.3 Å². The number of rotatable bonds is 3. The predicted octanol–water partition coefficient (Wildman–Crippen LogP) is 3.20. The van der Waals surface area contributed by atoms with E-state index in [0.29, 0.717) is 5.13 Å². The van der Waals surface area contributed by atoms with Crippen LogP contribution in [0.2, 0.25) is 0 Å². The van der Waals surface area contributed by atoms with E-state index in [4.69, 9.17) is 0 Å². The number of allylic oxidation sites excluding steroid dienone is 4. The zero-order valence-corrected chi connectivity index (χ0v) is 13.0. The highest BCUT2D eigenvalue weighted by Crippen LogP contribution is 2.26. The van der Waals surface area contributed by atoms with Crippen molar-refractivity contribution in [1.82, 2.24) is 10.3 Å². The molecule has 0 aromatic carbocycles. The summed E-state index contributed by atoms with van der Waals surface area (Å²) in [4.78, 5) is 28.3. The molecule has 0 saturated carbocycles. The summed E-state index contributed by atoms with van der Waals surface area (Å²) in [5.41, 5.74) is 1.80. The van der Waals surface area contributed by atoms with Crippen molar-refractivity contribution in [2.45, 2.75) is 27.7 Å². The van der Waals surface area contributed by atoms with Crippen molar-refractivity contribution in [1.29, 1.82) is 0 Å². The van der Waals surface area contributed by atoms with Crippen LogP contribution in [0.25, 0.3) is 5.57 Å². The summed E-state index contributed by atoms with van der Waals surface area (Å²) in [6.07, 6.45) is 5.84. The highest BCUT2D eigenvalue weighted by molar-refractivity contribution is 7.14. The average Bonchev–Trinajstić information content (AvgIpc) is 3.05. The van der Waals surface area contributed by atoms with Crippen LogP contribution in [0.15, 0.2) is 23.6 Å². The summed E-state index contributed by atoms with van der Waals surface area (Å²) in [7, 11) is 0. The fourth-order valence-corrected chi connectivity index (χ4v) is 2.46. The maximum atomic E-state index is 11.5. The number of hydrogen-bond acceptors (Lipinski definition) is 4. The second-order valence-corrected chi connectivity index (χ2v) is 4.54. The van der Waals surface area contributed by atoms with Gasteiger partial charge < -0.3 is 0 Å². The van der Waals surface area contributed by atoms with E-state index in [0.717, 1.165) is 11.3 Å². The van der Waals surface area contributed by atoms with E-state index in [-0.39, 0.29) is 12.5 Å². The van der Waals surface area contributed by atoms with Crippen LogP contribution < -0.4 is 10.2 Å². The molecule has 20 heavy (non-hydrogen) atoms. The van der Waals surface area contributed by atoms with Gasteiger partial charge in [0.2, 0.25) is 5.91 Å². The number of carbonyl (C=O) groups excluding carboxylic acids is 2. The molecule has 0 atom stereocenters. The summed E-state index contributed by atoms with van der Waals surface area (Å²) in [5.74, 6) is -0.295. The number of thiazole rings is 1. The molecule has 1 fully saturated rings. The third-order valence-corrected chi connectivity index (χ3v) is 3.33. The van der Waals surface area contributed by atoms with Gasteiger partial charge in [0.1, 0.15) is 6.54 Å². The first-order valence-electron chi connectivity index (χ1n) is 6.52. The van der Waals surface area contributed by atoms with Gasteiger partial charge in [-0.3, -0.25) is 15.0 Å². The molecule has 0 aliphatic carbocycles. The molecule has 2 heterocycles. The van der Waals surface area contributed by atoms with Gasteiger partial charge >= 0.3 is 6.03 Å². The monoisotopic (exact) mass is 293 g/mol. The molecule has 0 bridgehead atoms. The van der Waals surface area contributed by atoms with Crippen LogP contribution >= 0.6 is 11.3 Å². The Morgan fingerprint density at radius 3 is 2.60 bits per heavy atom. The number of aromatic nitrogens is 1. The number of nitrogens with one attached hydrogen (secondary N) is 1. The Bertz CT molecular complexity index is 546. The molecule has 1 N–H and O–H groups in total. The molecular weight excluding hydrogens is 274 g/mol. The minimum Gasteiger partial charge on any atom is -0.276 e. The highest BCUT2D eigenvalue weighted by Gasteiger charge is 2.30. The molecule has 1 aliphatic heterocycles. The van der Waals surface area contributed by atoms with Gasteiger partial charge in [-0.05, 0) is 19.4 Å². The molecule has 108 valence electrons. The number of nitrogens with zero attached hydrogens (tertiary/aromatic N) is 2. The Morgan fingerprint density at radius 1 is 1.40 bits per heavy atom. The van der Waals surface area contributed by atoms with Gasteiger partial charge in [-0.2, -0.15) is 0 Å². The fourth-order valence-electron chi connectivity index (χ4n) is 1.63. The van der Waals surface area contributed by atoms with Gasteiger partial charge in [0.05, 0.1) is 5.69 Å². The Kier molecular flexibility index (Phi) is 6.11. The highest BCUT2D eigenvalue weighted by atomic mass is 32.1. The van der Waals surface area contributed by atoms with E-state index in [1.165, 1.54) is 16.2 Å². The van der Waals surface area contributed by atoms with Gasteiger partial charge in [0, 0.05) is 5.38 Å². The molecule has 3 amide bonds. The lowest BCUT2D eigenvalue weighted by Crippen LogP contribution is -2.27. The molecule has 6 heteroatoms. The van der Waals surface area contributed by atoms with Crippen molar-refractivity contribution >= 4 is 34.0 Å². The topological polar surface area (TPSA) is 62.3 Å². The summed E-state index contributed by atoms with van der Waals surface area (Å²) >= 11 is 1.35. The number of anilines is 1. The average molecular weight is 293 g/mol. The maximum absolute atomic E-state index is 11.5. The van der Waals surface area contributed by atoms with E-state index < -0.39 is 6.03 Å². The van der Waals surface area contributed by atoms with E-state index >= 15 is 0 Å². The number of amides is 3. The zero-order valence-electron chi connectivity index (χ0n) is 12.1. The summed E-state index contributed by atoms with van der Waals surface area (Å²) < 4.78 is 0. The van der Waals surface area contributed by atoms with Gasteiger partial charge in [0.25, 0.3) is 0 Å². The summed E-state index contributed by atoms with van der Waals surface area (Å²) in [5, 5.41) is 4.64. The summed E-state index contributed by atoms with van der Waals surface area (Å²) in [6.45, 7) is 7.91. The van der Waals surface area contributed by atoms with Crippen LogP contribution in [0, 0.1) is 0 Å². The molecule has 1 aromatic rings. The third kappa shape index (κ3) is 3.54. The smallest absolute Gasteiger partial charge is 0.276 e. The minimum atomic E-state index is -0.408. The van der Waals surface area contributed by atoms with Crippen LogP contribution in [0.5, 0.6) is 0 Å². The van der Waals surface area contributed by atoms with Crippen molar-refractivity contribution in [3.63, 3.8) is 0 Å². The van der Waals surface area contributed by atoms with Crippen molar-refractivity contribution in [2.75, 3.05) is 11.4 Å². The van der Waals surface area contributed by atoms with Crippen LogP contribution in [0.1, 0.15) is 33.4 Å². The fraction of sp³-hybridized carbons (Fsp3) is 0.357. The standard InChI is InChI=1S/C12H13N3O2S.C2H6/c1-3-5-8(4-2)9-7-18-12(13-9)15-6-10(16)14-11(15)17;1-2/h3-5,7H,6H2,1-2H3,(H,14,16,17);1-2H3/b5-3-,8-4+;. The molecule has 1 aliphatic rings. The van der Waals surface area contributed by atoms with E-state index in [2.05, 4.69) is 10.3 Å².